The fourth-order valence-electron chi connectivity index (χ4n) is 5.17. The maximum absolute atomic E-state index is 14.2. The van der Waals surface area contributed by atoms with E-state index in [4.69, 9.17) is 14.1 Å². The van der Waals surface area contributed by atoms with Crippen LogP contribution in [0.15, 0.2) is 72.4 Å². The molecule has 5 rings (SSSR count). The van der Waals surface area contributed by atoms with Gasteiger partial charge in [-0.2, -0.15) is 0 Å². The third-order valence-corrected chi connectivity index (χ3v) is 8.65. The summed E-state index contributed by atoms with van der Waals surface area (Å²) in [7, 11) is 5.38. The molecule has 40 heavy (non-hydrogen) atoms. The average Bonchev–Trinajstić information content (AvgIpc) is 3.46. The zero-order valence-electron chi connectivity index (χ0n) is 23.3. The Morgan fingerprint density at radius 3 is 2.58 bits per heavy atom. The zero-order chi connectivity index (χ0) is 28.7. The SMILES string of the molecule is CCN(CC)C(=O)C1=C(C)N=c2s/c(=C/c3cc(Br)c(N(C)C)o3)c(=O)n2[C@@H]1c1c(OC)ccc2ccccc12. The Labute approximate surface area is 244 Å². The lowest BCUT2D eigenvalue weighted by Gasteiger charge is -2.30. The van der Waals surface area contributed by atoms with Gasteiger partial charge in [0.15, 0.2) is 4.80 Å². The molecule has 0 unspecified atom stereocenters. The van der Waals surface area contributed by atoms with E-state index in [2.05, 4.69) is 15.9 Å². The van der Waals surface area contributed by atoms with Crippen LogP contribution in [0.2, 0.25) is 0 Å². The van der Waals surface area contributed by atoms with E-state index in [1.54, 1.807) is 22.7 Å². The zero-order valence-corrected chi connectivity index (χ0v) is 25.7. The van der Waals surface area contributed by atoms with Crippen molar-refractivity contribution in [3.8, 4) is 5.75 Å². The van der Waals surface area contributed by atoms with Crippen molar-refractivity contribution in [2.24, 2.45) is 4.99 Å². The van der Waals surface area contributed by atoms with Crippen molar-refractivity contribution >= 4 is 55.9 Å². The van der Waals surface area contributed by atoms with Gasteiger partial charge in [-0.05, 0) is 53.5 Å². The molecule has 0 saturated heterocycles. The molecule has 4 aromatic rings. The second-order valence-electron chi connectivity index (χ2n) is 9.66. The van der Waals surface area contributed by atoms with E-state index < -0.39 is 6.04 Å². The van der Waals surface area contributed by atoms with Crippen LogP contribution in [-0.4, -0.2) is 49.7 Å². The van der Waals surface area contributed by atoms with Crippen LogP contribution in [0.5, 0.6) is 5.75 Å². The number of amides is 1. The first-order valence-corrected chi connectivity index (χ1v) is 14.6. The number of anilines is 1. The number of allylic oxidation sites excluding steroid dienone is 1. The first kappa shape index (κ1) is 27.9. The molecule has 0 saturated carbocycles. The first-order valence-electron chi connectivity index (χ1n) is 13.0. The van der Waals surface area contributed by atoms with E-state index in [-0.39, 0.29) is 11.5 Å². The summed E-state index contributed by atoms with van der Waals surface area (Å²) in [6.07, 6.45) is 1.73. The number of carbonyl (C=O) groups excluding carboxylic acids is 1. The minimum absolute atomic E-state index is 0.147. The molecule has 1 amide bonds. The molecule has 0 N–H and O–H groups in total. The number of nitrogens with zero attached hydrogens (tertiary/aromatic N) is 4. The lowest BCUT2D eigenvalue weighted by Crippen LogP contribution is -2.43. The largest absolute Gasteiger partial charge is 0.496 e. The molecule has 0 radical (unpaired) electrons. The molecule has 208 valence electrons. The third-order valence-electron chi connectivity index (χ3n) is 7.09. The molecule has 1 aliphatic rings. The highest BCUT2D eigenvalue weighted by molar-refractivity contribution is 9.10. The minimum Gasteiger partial charge on any atom is -0.496 e. The summed E-state index contributed by atoms with van der Waals surface area (Å²) in [5.74, 6) is 1.64. The number of rotatable bonds is 7. The molecule has 0 fully saturated rings. The molecule has 2 aromatic heterocycles. The second-order valence-corrected chi connectivity index (χ2v) is 11.5. The normalized spacial score (nSPS) is 15.3. The van der Waals surface area contributed by atoms with Crippen LogP contribution in [-0.2, 0) is 4.79 Å². The number of likely N-dealkylation sites (N-methyl/N-ethyl adjacent to an activating group) is 1. The van der Waals surface area contributed by atoms with Crippen molar-refractivity contribution in [1.29, 1.82) is 0 Å². The van der Waals surface area contributed by atoms with Gasteiger partial charge < -0.3 is 19.0 Å². The van der Waals surface area contributed by atoms with Crippen LogP contribution in [0.4, 0.5) is 5.88 Å². The van der Waals surface area contributed by atoms with Gasteiger partial charge in [0, 0.05) is 44.9 Å². The highest BCUT2D eigenvalue weighted by atomic mass is 79.9. The molecule has 1 aliphatic heterocycles. The summed E-state index contributed by atoms with van der Waals surface area (Å²) in [4.78, 5) is 37.1. The highest BCUT2D eigenvalue weighted by Gasteiger charge is 2.36. The van der Waals surface area contributed by atoms with Crippen molar-refractivity contribution < 1.29 is 13.9 Å². The Morgan fingerprint density at radius 2 is 1.93 bits per heavy atom. The van der Waals surface area contributed by atoms with Crippen molar-refractivity contribution in [3.63, 3.8) is 0 Å². The van der Waals surface area contributed by atoms with Gasteiger partial charge in [0.25, 0.3) is 11.5 Å². The van der Waals surface area contributed by atoms with Gasteiger partial charge in [-0.3, -0.25) is 14.2 Å². The van der Waals surface area contributed by atoms with Crippen LogP contribution < -0.4 is 24.5 Å². The van der Waals surface area contributed by atoms with Gasteiger partial charge >= 0.3 is 0 Å². The maximum Gasteiger partial charge on any atom is 0.271 e. The molecule has 0 bridgehead atoms. The highest BCUT2D eigenvalue weighted by Crippen LogP contribution is 2.40. The van der Waals surface area contributed by atoms with Gasteiger partial charge in [-0.25, -0.2) is 4.99 Å². The molecule has 10 heteroatoms. The first-order chi connectivity index (χ1) is 19.2. The number of halogens is 1. The van der Waals surface area contributed by atoms with Crippen molar-refractivity contribution in [1.82, 2.24) is 9.47 Å². The lowest BCUT2D eigenvalue weighted by atomic mass is 9.90. The van der Waals surface area contributed by atoms with Gasteiger partial charge in [0.05, 0.1) is 27.4 Å². The number of benzene rings is 2. The molecule has 0 spiro atoms. The van der Waals surface area contributed by atoms with Crippen molar-refractivity contribution in [2.45, 2.75) is 26.8 Å². The Bertz CT molecular complexity index is 1830. The van der Waals surface area contributed by atoms with Gasteiger partial charge in [0.2, 0.25) is 5.88 Å². The fourth-order valence-corrected chi connectivity index (χ4v) is 6.85. The van der Waals surface area contributed by atoms with E-state index in [9.17, 15) is 9.59 Å². The molecule has 8 nitrogen and oxygen atoms in total. The standard InChI is InChI=1S/C30H31BrN4O4S/c1-7-34(8-2)28(37)24-17(3)32-30-35(26(24)25-20-12-10-9-11-18(20)13-14-22(25)38-6)27(36)23(40-30)16-19-15-21(31)29(39-19)33(4)5/h9-16,26H,7-8H2,1-6H3/b23-16+/t26-/m0/s1. The number of methoxy groups -OCH3 is 1. The van der Waals surface area contributed by atoms with Gasteiger partial charge in [0.1, 0.15) is 17.6 Å². The number of hydrogen-bond donors (Lipinski definition) is 0. The van der Waals surface area contributed by atoms with Crippen LogP contribution in [0, 0.1) is 0 Å². The number of thiazole rings is 1. The average molecular weight is 624 g/mol. The molecule has 2 aromatic carbocycles. The van der Waals surface area contributed by atoms with E-state index in [0.717, 1.165) is 20.8 Å². The predicted molar refractivity (Wildman–Crippen MR) is 163 cm³/mol. The second kappa shape index (κ2) is 11.1. The number of hydrogen-bond acceptors (Lipinski definition) is 7. The van der Waals surface area contributed by atoms with Crippen molar-refractivity contribution in [3.05, 3.63) is 89.2 Å². The smallest absolute Gasteiger partial charge is 0.271 e. The molecular weight excluding hydrogens is 592 g/mol. The van der Waals surface area contributed by atoms with E-state index >= 15 is 0 Å². The minimum atomic E-state index is -0.728. The number of fused-ring (bicyclic) bond motifs is 2. The topological polar surface area (TPSA) is 80.3 Å². The molecule has 1 atom stereocenters. The fraction of sp³-hybridized carbons (Fsp3) is 0.300. The maximum atomic E-state index is 14.2. The Hall–Kier alpha value is -3.63. The summed E-state index contributed by atoms with van der Waals surface area (Å²) in [6.45, 7) is 6.81. The Balaban J connectivity index is 1.83. The summed E-state index contributed by atoms with van der Waals surface area (Å²) in [5, 5.41) is 1.90. The summed E-state index contributed by atoms with van der Waals surface area (Å²) in [6, 6.07) is 12.9. The summed E-state index contributed by atoms with van der Waals surface area (Å²) in [5.41, 5.74) is 1.56. The monoisotopic (exact) mass is 622 g/mol. The number of carbonyl (C=O) groups is 1. The summed E-state index contributed by atoms with van der Waals surface area (Å²) < 4.78 is 14.7. The van der Waals surface area contributed by atoms with Crippen molar-refractivity contribution in [2.75, 3.05) is 39.2 Å². The van der Waals surface area contributed by atoms with Crippen LogP contribution in [0.25, 0.3) is 16.8 Å². The number of aromatic nitrogens is 1. The number of ether oxygens (including phenoxy) is 1. The Kier molecular flexibility index (Phi) is 7.74. The van der Waals surface area contributed by atoms with Crippen LogP contribution in [0.3, 0.4) is 0 Å². The van der Waals surface area contributed by atoms with Crippen LogP contribution >= 0.6 is 27.3 Å². The predicted octanol–water partition coefficient (Wildman–Crippen LogP) is 4.69. The molecule has 0 aliphatic carbocycles. The number of furan rings is 1. The van der Waals surface area contributed by atoms with Crippen LogP contribution in [0.1, 0.15) is 38.1 Å². The third kappa shape index (κ3) is 4.69. The van der Waals surface area contributed by atoms with Gasteiger partial charge in [-0.1, -0.05) is 41.7 Å². The summed E-state index contributed by atoms with van der Waals surface area (Å²) >= 11 is 4.80. The lowest BCUT2D eigenvalue weighted by molar-refractivity contribution is -0.127. The van der Waals surface area contributed by atoms with E-state index in [1.807, 2.05) is 82.2 Å². The van der Waals surface area contributed by atoms with E-state index in [0.29, 0.717) is 51.1 Å². The van der Waals surface area contributed by atoms with E-state index in [1.165, 1.54) is 11.3 Å². The van der Waals surface area contributed by atoms with Gasteiger partial charge in [-0.15, -0.1) is 0 Å². The molecule has 3 heterocycles. The Morgan fingerprint density at radius 1 is 1.20 bits per heavy atom. The molecular formula is C30H31BrN4O4S. The quantitative estimate of drug-likeness (QED) is 0.299.